The summed E-state index contributed by atoms with van der Waals surface area (Å²) in [7, 11) is 3.60. The number of carbonyl (C=O) groups is 2. The molecule has 0 aliphatic rings. The zero-order valence-corrected chi connectivity index (χ0v) is 19.2. The van der Waals surface area contributed by atoms with Crippen LogP contribution in [0.5, 0.6) is 0 Å². The Morgan fingerprint density at radius 2 is 1.25 bits per heavy atom. The fourth-order valence-electron chi connectivity index (χ4n) is 3.89. The monoisotopic (exact) mass is 429 g/mol. The molecule has 3 rings (SSSR count). The number of anilines is 1. The Labute approximate surface area is 190 Å². The number of likely N-dealkylation sites (N-methyl/N-ethyl adjacent to an activating group) is 2. The third-order valence-corrected chi connectivity index (χ3v) is 5.58. The van der Waals surface area contributed by atoms with E-state index in [-0.39, 0.29) is 30.9 Å². The number of hydrogen-bond donors (Lipinski definition) is 1. The molecule has 2 amide bonds. The normalized spacial score (nSPS) is 10.9. The van der Waals surface area contributed by atoms with Gasteiger partial charge in [-0.15, -0.1) is 0 Å². The maximum atomic E-state index is 13.1. The SMILES string of the molecule is Cc1cccc(C)c1NC(=O)CN(C)CC(=O)N(C)C(c1ccccc1)c1ccccc1. The standard InChI is InChI=1S/C27H31N3O2/c1-20-12-11-13-21(2)26(20)28-24(31)18-29(3)19-25(32)30(4)27(22-14-7-5-8-15-22)23-16-9-6-10-17-23/h5-17,27H,18-19H2,1-4H3,(H,28,31). The van der Waals surface area contributed by atoms with Gasteiger partial charge in [0.15, 0.2) is 0 Å². The van der Waals surface area contributed by atoms with Gasteiger partial charge in [0.1, 0.15) is 0 Å². The van der Waals surface area contributed by atoms with Crippen molar-refractivity contribution in [2.24, 2.45) is 0 Å². The van der Waals surface area contributed by atoms with Gasteiger partial charge in [0.25, 0.3) is 0 Å². The summed E-state index contributed by atoms with van der Waals surface area (Å²) in [5, 5.41) is 2.98. The summed E-state index contributed by atoms with van der Waals surface area (Å²) in [4.78, 5) is 29.2. The molecule has 0 spiro atoms. The minimum Gasteiger partial charge on any atom is -0.334 e. The first-order valence-corrected chi connectivity index (χ1v) is 10.8. The second-order valence-corrected chi connectivity index (χ2v) is 8.22. The van der Waals surface area contributed by atoms with Crippen LogP contribution in [0.4, 0.5) is 5.69 Å². The van der Waals surface area contributed by atoms with Gasteiger partial charge in [-0.3, -0.25) is 14.5 Å². The lowest BCUT2D eigenvalue weighted by Crippen LogP contribution is -2.41. The van der Waals surface area contributed by atoms with E-state index >= 15 is 0 Å². The molecule has 0 unspecified atom stereocenters. The van der Waals surface area contributed by atoms with E-state index in [0.717, 1.165) is 27.9 Å². The van der Waals surface area contributed by atoms with Gasteiger partial charge in [0.2, 0.25) is 11.8 Å². The molecule has 5 heteroatoms. The van der Waals surface area contributed by atoms with E-state index in [1.54, 1.807) is 16.8 Å². The summed E-state index contributed by atoms with van der Waals surface area (Å²) >= 11 is 0. The molecule has 0 atom stereocenters. The maximum Gasteiger partial charge on any atom is 0.238 e. The summed E-state index contributed by atoms with van der Waals surface area (Å²) in [6.07, 6.45) is 0. The summed E-state index contributed by atoms with van der Waals surface area (Å²) in [5.41, 5.74) is 4.97. The quantitative estimate of drug-likeness (QED) is 0.577. The second-order valence-electron chi connectivity index (χ2n) is 8.22. The Kier molecular flexibility index (Phi) is 7.79. The van der Waals surface area contributed by atoms with Gasteiger partial charge in [-0.05, 0) is 43.1 Å². The third kappa shape index (κ3) is 5.83. The molecule has 3 aromatic rings. The van der Waals surface area contributed by atoms with E-state index in [2.05, 4.69) is 5.32 Å². The van der Waals surface area contributed by atoms with Crippen molar-refractivity contribution in [3.05, 3.63) is 101 Å². The van der Waals surface area contributed by atoms with Gasteiger partial charge in [-0.25, -0.2) is 0 Å². The van der Waals surface area contributed by atoms with Crippen molar-refractivity contribution < 1.29 is 9.59 Å². The van der Waals surface area contributed by atoms with Crippen LogP contribution >= 0.6 is 0 Å². The molecule has 0 saturated heterocycles. The molecule has 1 N–H and O–H groups in total. The minimum absolute atomic E-state index is 0.0509. The molecule has 5 nitrogen and oxygen atoms in total. The molecule has 0 fully saturated rings. The predicted octanol–water partition coefficient (Wildman–Crippen LogP) is 4.42. The van der Waals surface area contributed by atoms with E-state index < -0.39 is 0 Å². The van der Waals surface area contributed by atoms with Crippen molar-refractivity contribution in [3.8, 4) is 0 Å². The molecule has 3 aromatic carbocycles. The fraction of sp³-hybridized carbons (Fsp3) is 0.259. The smallest absolute Gasteiger partial charge is 0.238 e. The highest BCUT2D eigenvalue weighted by molar-refractivity contribution is 5.94. The number of nitrogens with zero attached hydrogens (tertiary/aromatic N) is 2. The number of hydrogen-bond acceptors (Lipinski definition) is 3. The summed E-state index contributed by atoms with van der Waals surface area (Å²) in [5.74, 6) is -0.187. The van der Waals surface area contributed by atoms with Gasteiger partial charge in [0, 0.05) is 12.7 Å². The van der Waals surface area contributed by atoms with Crippen molar-refractivity contribution in [3.63, 3.8) is 0 Å². The summed E-state index contributed by atoms with van der Waals surface area (Å²) < 4.78 is 0. The minimum atomic E-state index is -0.193. The number of carbonyl (C=O) groups excluding carboxylic acids is 2. The zero-order valence-electron chi connectivity index (χ0n) is 19.2. The number of benzene rings is 3. The second kappa shape index (κ2) is 10.7. The van der Waals surface area contributed by atoms with E-state index in [1.807, 2.05) is 99.8 Å². The van der Waals surface area contributed by atoms with Gasteiger partial charge >= 0.3 is 0 Å². The largest absolute Gasteiger partial charge is 0.334 e. The molecule has 32 heavy (non-hydrogen) atoms. The van der Waals surface area contributed by atoms with Crippen molar-refractivity contribution >= 4 is 17.5 Å². The number of amides is 2. The highest BCUT2D eigenvalue weighted by atomic mass is 16.2. The van der Waals surface area contributed by atoms with E-state index in [4.69, 9.17) is 0 Å². The highest BCUT2D eigenvalue weighted by Crippen LogP contribution is 2.27. The van der Waals surface area contributed by atoms with Crippen LogP contribution in [0.3, 0.4) is 0 Å². The lowest BCUT2D eigenvalue weighted by atomic mass is 9.97. The Morgan fingerprint density at radius 3 is 1.75 bits per heavy atom. The Bertz CT molecular complexity index is 991. The van der Waals surface area contributed by atoms with E-state index in [9.17, 15) is 9.59 Å². The van der Waals surface area contributed by atoms with Crippen LogP contribution in [-0.2, 0) is 9.59 Å². The molecule has 0 radical (unpaired) electrons. The molecular weight excluding hydrogens is 398 g/mol. The van der Waals surface area contributed by atoms with Crippen LogP contribution < -0.4 is 5.32 Å². The Hall–Kier alpha value is -3.44. The summed E-state index contributed by atoms with van der Waals surface area (Å²) in [6.45, 7) is 4.22. The van der Waals surface area contributed by atoms with Crippen LogP contribution in [0.1, 0.15) is 28.3 Å². The van der Waals surface area contributed by atoms with Gasteiger partial charge in [-0.1, -0.05) is 78.9 Å². The maximum absolute atomic E-state index is 13.1. The molecule has 0 aromatic heterocycles. The van der Waals surface area contributed by atoms with Crippen LogP contribution in [0.25, 0.3) is 0 Å². The van der Waals surface area contributed by atoms with Gasteiger partial charge < -0.3 is 10.2 Å². The van der Waals surface area contributed by atoms with Crippen molar-refractivity contribution in [1.82, 2.24) is 9.80 Å². The molecule has 0 saturated carbocycles. The van der Waals surface area contributed by atoms with Gasteiger partial charge in [0.05, 0.1) is 19.1 Å². The Morgan fingerprint density at radius 1 is 0.750 bits per heavy atom. The van der Waals surface area contributed by atoms with Crippen LogP contribution in [0.2, 0.25) is 0 Å². The van der Waals surface area contributed by atoms with Crippen LogP contribution in [0.15, 0.2) is 78.9 Å². The number of para-hydroxylation sites is 1. The van der Waals surface area contributed by atoms with Gasteiger partial charge in [-0.2, -0.15) is 0 Å². The van der Waals surface area contributed by atoms with E-state index in [0.29, 0.717) is 0 Å². The summed E-state index contributed by atoms with van der Waals surface area (Å²) in [6, 6.07) is 25.7. The van der Waals surface area contributed by atoms with Crippen molar-refractivity contribution in [2.75, 3.05) is 32.5 Å². The molecule has 166 valence electrons. The van der Waals surface area contributed by atoms with Crippen LogP contribution in [-0.4, -0.2) is 48.8 Å². The lowest BCUT2D eigenvalue weighted by molar-refractivity contribution is -0.132. The van der Waals surface area contributed by atoms with Crippen molar-refractivity contribution in [2.45, 2.75) is 19.9 Å². The molecule has 0 aliphatic carbocycles. The molecule has 0 bridgehead atoms. The first-order chi connectivity index (χ1) is 15.4. The first kappa shape index (κ1) is 23.2. The fourth-order valence-corrected chi connectivity index (χ4v) is 3.89. The predicted molar refractivity (Wildman–Crippen MR) is 130 cm³/mol. The number of nitrogens with one attached hydrogen (secondary N) is 1. The third-order valence-electron chi connectivity index (χ3n) is 5.58. The average Bonchev–Trinajstić information content (AvgIpc) is 2.78. The average molecular weight is 430 g/mol. The number of rotatable bonds is 8. The van der Waals surface area contributed by atoms with Crippen LogP contribution in [0, 0.1) is 13.8 Å². The van der Waals surface area contributed by atoms with Crippen molar-refractivity contribution in [1.29, 1.82) is 0 Å². The molecule has 0 heterocycles. The first-order valence-electron chi connectivity index (χ1n) is 10.8. The Balaban J connectivity index is 1.67. The molecular formula is C27H31N3O2. The number of aryl methyl sites for hydroxylation is 2. The topological polar surface area (TPSA) is 52.7 Å². The lowest BCUT2D eigenvalue weighted by Gasteiger charge is -2.30. The zero-order chi connectivity index (χ0) is 23.1. The van der Waals surface area contributed by atoms with E-state index in [1.165, 1.54) is 0 Å². The highest BCUT2D eigenvalue weighted by Gasteiger charge is 2.24. The molecule has 0 aliphatic heterocycles.